The molecule has 2 atom stereocenters. The Bertz CT molecular complexity index is 254. The Morgan fingerprint density at radius 2 is 2.24 bits per heavy atom. The number of hydrogen-bond donors (Lipinski definition) is 2. The van der Waals surface area contributed by atoms with E-state index in [9.17, 15) is 4.79 Å². The van der Waals surface area contributed by atoms with Crippen LogP contribution in [-0.4, -0.2) is 62.8 Å². The Kier molecular flexibility index (Phi) is 4.76. The van der Waals surface area contributed by atoms with Crippen LogP contribution in [0.5, 0.6) is 0 Å². The molecular weight excluding hydrogens is 218 g/mol. The van der Waals surface area contributed by atoms with Crippen LogP contribution in [0.4, 0.5) is 0 Å². The number of ether oxygens (including phenoxy) is 1. The van der Waals surface area contributed by atoms with Gasteiger partial charge in [-0.15, -0.1) is 0 Å². The molecule has 0 spiro atoms. The zero-order valence-electron chi connectivity index (χ0n) is 10.6. The zero-order chi connectivity index (χ0) is 12.1. The molecule has 2 N–H and O–H groups in total. The standard InChI is InChI=1S/C12H23N3O2/c1-10-2-9-17-11(10)12(16)14-5-8-15-6-3-13-4-7-15/h10-11,13H,2-9H2,1H3,(H,14,16). The summed E-state index contributed by atoms with van der Waals surface area (Å²) in [6.07, 6.45) is 0.772. The molecule has 2 rings (SSSR count). The van der Waals surface area contributed by atoms with Crippen molar-refractivity contribution in [3.05, 3.63) is 0 Å². The van der Waals surface area contributed by atoms with Crippen LogP contribution in [0.2, 0.25) is 0 Å². The van der Waals surface area contributed by atoms with Gasteiger partial charge in [-0.25, -0.2) is 0 Å². The summed E-state index contributed by atoms with van der Waals surface area (Å²) in [6, 6.07) is 0. The number of nitrogens with zero attached hydrogens (tertiary/aromatic N) is 1. The van der Waals surface area contributed by atoms with E-state index in [1.54, 1.807) is 0 Å². The van der Waals surface area contributed by atoms with Crippen LogP contribution in [0.25, 0.3) is 0 Å². The molecule has 2 saturated heterocycles. The first-order valence-electron chi connectivity index (χ1n) is 6.60. The van der Waals surface area contributed by atoms with Crippen molar-refractivity contribution in [3.8, 4) is 0 Å². The minimum Gasteiger partial charge on any atom is -0.368 e. The molecule has 98 valence electrons. The van der Waals surface area contributed by atoms with Crippen molar-refractivity contribution in [2.45, 2.75) is 19.4 Å². The smallest absolute Gasteiger partial charge is 0.249 e. The van der Waals surface area contributed by atoms with Crippen molar-refractivity contribution < 1.29 is 9.53 Å². The Hall–Kier alpha value is -0.650. The number of nitrogens with one attached hydrogen (secondary N) is 2. The second-order valence-corrected chi connectivity index (χ2v) is 4.94. The van der Waals surface area contributed by atoms with E-state index in [1.165, 1.54) is 0 Å². The molecule has 0 bridgehead atoms. The Labute approximate surface area is 103 Å². The van der Waals surface area contributed by atoms with E-state index in [-0.39, 0.29) is 12.0 Å². The topological polar surface area (TPSA) is 53.6 Å². The van der Waals surface area contributed by atoms with Crippen LogP contribution < -0.4 is 10.6 Å². The summed E-state index contributed by atoms with van der Waals surface area (Å²) in [4.78, 5) is 14.2. The first kappa shape index (κ1) is 12.8. The van der Waals surface area contributed by atoms with Gasteiger partial charge in [0.15, 0.2) is 0 Å². The van der Waals surface area contributed by atoms with Crippen molar-refractivity contribution in [3.63, 3.8) is 0 Å². The van der Waals surface area contributed by atoms with Crippen LogP contribution in [0, 0.1) is 5.92 Å². The quantitative estimate of drug-likeness (QED) is 0.692. The fourth-order valence-electron chi connectivity index (χ4n) is 2.40. The van der Waals surface area contributed by atoms with E-state index in [2.05, 4.69) is 22.5 Å². The van der Waals surface area contributed by atoms with Gasteiger partial charge < -0.3 is 15.4 Å². The summed E-state index contributed by atoms with van der Waals surface area (Å²) < 4.78 is 5.43. The Morgan fingerprint density at radius 1 is 1.47 bits per heavy atom. The van der Waals surface area contributed by atoms with E-state index in [0.717, 1.165) is 52.3 Å². The molecular formula is C12H23N3O2. The predicted molar refractivity (Wildman–Crippen MR) is 65.8 cm³/mol. The number of carbonyl (C=O) groups is 1. The van der Waals surface area contributed by atoms with Crippen LogP contribution in [0.15, 0.2) is 0 Å². The molecule has 1 amide bonds. The zero-order valence-corrected chi connectivity index (χ0v) is 10.6. The predicted octanol–water partition coefficient (Wildman–Crippen LogP) is -0.567. The summed E-state index contributed by atoms with van der Waals surface area (Å²) >= 11 is 0. The lowest BCUT2D eigenvalue weighted by Gasteiger charge is -2.27. The fraction of sp³-hybridized carbons (Fsp3) is 0.917. The highest BCUT2D eigenvalue weighted by atomic mass is 16.5. The molecule has 2 fully saturated rings. The molecule has 17 heavy (non-hydrogen) atoms. The lowest BCUT2D eigenvalue weighted by atomic mass is 10.0. The highest BCUT2D eigenvalue weighted by Crippen LogP contribution is 2.19. The summed E-state index contributed by atoms with van der Waals surface area (Å²) in [7, 11) is 0. The number of rotatable bonds is 4. The molecule has 2 aliphatic rings. The molecule has 2 aliphatic heterocycles. The largest absolute Gasteiger partial charge is 0.368 e. The maximum absolute atomic E-state index is 11.8. The molecule has 2 unspecified atom stereocenters. The number of piperazine rings is 1. The Balaban J connectivity index is 1.62. The third-order valence-electron chi connectivity index (χ3n) is 3.58. The van der Waals surface area contributed by atoms with Gasteiger partial charge in [-0.05, 0) is 12.3 Å². The van der Waals surface area contributed by atoms with Gasteiger partial charge in [0, 0.05) is 45.9 Å². The van der Waals surface area contributed by atoms with Crippen molar-refractivity contribution in [1.29, 1.82) is 0 Å². The number of hydrogen-bond acceptors (Lipinski definition) is 4. The molecule has 0 radical (unpaired) electrons. The second-order valence-electron chi connectivity index (χ2n) is 4.94. The van der Waals surface area contributed by atoms with Gasteiger partial charge in [0.2, 0.25) is 5.91 Å². The van der Waals surface area contributed by atoms with Crippen LogP contribution >= 0.6 is 0 Å². The summed E-state index contributed by atoms with van der Waals surface area (Å²) in [5.74, 6) is 0.416. The van der Waals surface area contributed by atoms with E-state index in [0.29, 0.717) is 5.92 Å². The van der Waals surface area contributed by atoms with Crippen molar-refractivity contribution >= 4 is 5.91 Å². The molecule has 2 heterocycles. The Morgan fingerprint density at radius 3 is 2.88 bits per heavy atom. The highest BCUT2D eigenvalue weighted by molar-refractivity contribution is 5.81. The second kappa shape index (κ2) is 6.33. The fourth-order valence-corrected chi connectivity index (χ4v) is 2.40. The molecule has 5 nitrogen and oxygen atoms in total. The summed E-state index contributed by atoms with van der Waals surface area (Å²) in [5, 5.41) is 6.29. The van der Waals surface area contributed by atoms with Gasteiger partial charge in [0.05, 0.1) is 0 Å². The van der Waals surface area contributed by atoms with Gasteiger partial charge in [-0.2, -0.15) is 0 Å². The molecule has 0 aliphatic carbocycles. The van der Waals surface area contributed by atoms with Crippen molar-refractivity contribution in [1.82, 2.24) is 15.5 Å². The molecule has 0 saturated carbocycles. The van der Waals surface area contributed by atoms with Crippen molar-refractivity contribution in [2.75, 3.05) is 45.9 Å². The first-order valence-corrected chi connectivity index (χ1v) is 6.60. The van der Waals surface area contributed by atoms with E-state index >= 15 is 0 Å². The van der Waals surface area contributed by atoms with E-state index in [4.69, 9.17) is 4.74 Å². The maximum atomic E-state index is 11.8. The molecule has 0 aromatic rings. The minimum absolute atomic E-state index is 0.0603. The number of carbonyl (C=O) groups excluding carboxylic acids is 1. The normalized spacial score (nSPS) is 30.4. The highest BCUT2D eigenvalue weighted by Gasteiger charge is 2.30. The average molecular weight is 241 g/mol. The maximum Gasteiger partial charge on any atom is 0.249 e. The van der Waals surface area contributed by atoms with Crippen LogP contribution in [0.3, 0.4) is 0 Å². The van der Waals surface area contributed by atoms with Gasteiger partial charge in [0.1, 0.15) is 6.10 Å². The van der Waals surface area contributed by atoms with Crippen LogP contribution in [-0.2, 0) is 9.53 Å². The van der Waals surface area contributed by atoms with Gasteiger partial charge in [-0.3, -0.25) is 9.69 Å². The van der Waals surface area contributed by atoms with Crippen molar-refractivity contribution in [2.24, 2.45) is 5.92 Å². The first-order chi connectivity index (χ1) is 8.27. The summed E-state index contributed by atoms with van der Waals surface area (Å²) in [6.45, 7) is 8.72. The molecule has 5 heteroatoms. The monoisotopic (exact) mass is 241 g/mol. The average Bonchev–Trinajstić information content (AvgIpc) is 2.77. The third-order valence-corrected chi connectivity index (χ3v) is 3.58. The summed E-state index contributed by atoms with van der Waals surface area (Å²) in [5.41, 5.74) is 0. The minimum atomic E-state index is -0.224. The van der Waals surface area contributed by atoms with Gasteiger partial charge in [0.25, 0.3) is 0 Å². The van der Waals surface area contributed by atoms with Gasteiger partial charge in [-0.1, -0.05) is 6.92 Å². The van der Waals surface area contributed by atoms with E-state index < -0.39 is 0 Å². The SMILES string of the molecule is CC1CCOC1C(=O)NCCN1CCNCC1. The van der Waals surface area contributed by atoms with E-state index in [1.807, 2.05) is 0 Å². The number of amides is 1. The lowest BCUT2D eigenvalue weighted by Crippen LogP contribution is -2.47. The third kappa shape index (κ3) is 3.66. The molecule has 0 aromatic carbocycles. The van der Waals surface area contributed by atoms with Crippen LogP contribution in [0.1, 0.15) is 13.3 Å². The van der Waals surface area contributed by atoms with Gasteiger partial charge >= 0.3 is 0 Å². The lowest BCUT2D eigenvalue weighted by molar-refractivity contribution is -0.131. The molecule has 0 aromatic heterocycles.